The van der Waals surface area contributed by atoms with Gasteiger partial charge in [0.15, 0.2) is 0 Å². The fraction of sp³-hybridized carbons (Fsp3) is 0.226. The zero-order valence-corrected chi connectivity index (χ0v) is 23.6. The number of ether oxygens (including phenoxy) is 1. The molecular weight excluding hydrogens is 545 g/mol. The first kappa shape index (κ1) is 29.9. The molecule has 0 bridgehead atoms. The number of hydrogen-bond donors (Lipinski definition) is 3. The summed E-state index contributed by atoms with van der Waals surface area (Å²) in [6.45, 7) is 1.77. The van der Waals surface area contributed by atoms with Crippen LogP contribution in [-0.4, -0.2) is 46.0 Å². The molecular formula is C31H32FN3O5S. The van der Waals surface area contributed by atoms with Gasteiger partial charge in [-0.2, -0.15) is 4.72 Å². The maximum atomic E-state index is 13.5. The van der Waals surface area contributed by atoms with Crippen LogP contribution in [0, 0.1) is 12.7 Å². The van der Waals surface area contributed by atoms with E-state index in [4.69, 9.17) is 4.74 Å². The van der Waals surface area contributed by atoms with Crippen LogP contribution in [0.4, 0.5) is 4.39 Å². The molecule has 10 heteroatoms. The minimum absolute atomic E-state index is 0.00676. The normalized spacial score (nSPS) is 13.0. The molecule has 0 heterocycles. The van der Waals surface area contributed by atoms with Crippen molar-refractivity contribution >= 4 is 32.6 Å². The number of benzene rings is 4. The molecule has 0 aliphatic heterocycles. The number of fused-ring (bicyclic) bond motifs is 1. The van der Waals surface area contributed by atoms with Crippen LogP contribution in [0.5, 0.6) is 0 Å². The second-order valence-electron chi connectivity index (χ2n) is 9.69. The van der Waals surface area contributed by atoms with Gasteiger partial charge in [-0.15, -0.1) is 0 Å². The molecule has 41 heavy (non-hydrogen) atoms. The topological polar surface area (TPSA) is 114 Å². The molecule has 0 aliphatic rings. The summed E-state index contributed by atoms with van der Waals surface area (Å²) in [7, 11) is -2.72. The van der Waals surface area contributed by atoms with Crippen LogP contribution in [0.1, 0.15) is 16.7 Å². The summed E-state index contributed by atoms with van der Waals surface area (Å²) in [5.41, 5.74) is 2.39. The Labute approximate surface area is 239 Å². The molecule has 0 radical (unpaired) electrons. The third-order valence-electron chi connectivity index (χ3n) is 6.60. The van der Waals surface area contributed by atoms with Gasteiger partial charge in [-0.25, -0.2) is 12.8 Å². The number of hydrogen-bond acceptors (Lipinski definition) is 5. The Morgan fingerprint density at radius 2 is 1.54 bits per heavy atom. The molecule has 214 valence electrons. The van der Waals surface area contributed by atoms with Crippen LogP contribution >= 0.6 is 0 Å². The van der Waals surface area contributed by atoms with Gasteiger partial charge in [-0.05, 0) is 53.1 Å². The van der Waals surface area contributed by atoms with E-state index < -0.39 is 39.7 Å². The van der Waals surface area contributed by atoms with E-state index in [0.717, 1.165) is 21.9 Å². The molecule has 3 N–H and O–H groups in total. The van der Waals surface area contributed by atoms with Gasteiger partial charge in [0.2, 0.25) is 21.8 Å². The van der Waals surface area contributed by atoms with Crippen LogP contribution in [0.2, 0.25) is 0 Å². The summed E-state index contributed by atoms with van der Waals surface area (Å²) in [5.74, 6) is -1.65. The highest BCUT2D eigenvalue weighted by molar-refractivity contribution is 7.89. The Kier molecular flexibility index (Phi) is 9.82. The van der Waals surface area contributed by atoms with E-state index in [1.807, 2.05) is 49.4 Å². The van der Waals surface area contributed by atoms with Crippen molar-refractivity contribution < 1.29 is 27.1 Å². The van der Waals surface area contributed by atoms with E-state index in [1.165, 1.54) is 43.5 Å². The van der Waals surface area contributed by atoms with Crippen LogP contribution in [0.3, 0.4) is 0 Å². The Hall–Kier alpha value is -4.12. The standard InChI is InChI=1S/C31H32FN3O5S/c1-21-10-16-26(17-11-21)41(38,39)35-29(20-40-2)31(37)34-28(18-22-12-14-25(32)15-13-22)30(36)33-19-24-8-5-7-23-6-3-4-9-27(23)24/h3-17,28-29,35H,18-20H2,1-2H3,(H,33,36)(H,34,37)/t28-,29-/m0/s1. The minimum Gasteiger partial charge on any atom is -0.382 e. The highest BCUT2D eigenvalue weighted by Crippen LogP contribution is 2.18. The van der Waals surface area contributed by atoms with Gasteiger partial charge in [0.25, 0.3) is 0 Å². The van der Waals surface area contributed by atoms with E-state index in [1.54, 1.807) is 12.1 Å². The lowest BCUT2D eigenvalue weighted by Crippen LogP contribution is -2.55. The number of carbonyl (C=O) groups is 2. The summed E-state index contributed by atoms with van der Waals surface area (Å²) >= 11 is 0. The molecule has 0 aromatic heterocycles. The number of sulfonamides is 1. The van der Waals surface area contributed by atoms with Crippen molar-refractivity contribution in [2.24, 2.45) is 0 Å². The summed E-state index contributed by atoms with van der Waals surface area (Å²) < 4.78 is 47.0. The average Bonchev–Trinajstić information content (AvgIpc) is 2.96. The fourth-order valence-corrected chi connectivity index (χ4v) is 5.57. The Bertz CT molecular complexity index is 1600. The van der Waals surface area contributed by atoms with Crippen molar-refractivity contribution in [2.75, 3.05) is 13.7 Å². The van der Waals surface area contributed by atoms with Crippen molar-refractivity contribution in [1.29, 1.82) is 0 Å². The number of rotatable bonds is 12. The average molecular weight is 578 g/mol. The summed E-state index contributed by atoms with van der Waals surface area (Å²) in [4.78, 5) is 26.7. The highest BCUT2D eigenvalue weighted by atomic mass is 32.2. The lowest BCUT2D eigenvalue weighted by atomic mass is 10.0. The minimum atomic E-state index is -4.06. The van der Waals surface area contributed by atoms with Crippen LogP contribution < -0.4 is 15.4 Å². The summed E-state index contributed by atoms with van der Waals surface area (Å²) in [6, 6.07) is 23.0. The van der Waals surface area contributed by atoms with E-state index >= 15 is 0 Å². The predicted octanol–water partition coefficient (Wildman–Crippen LogP) is 3.62. The third-order valence-corrected chi connectivity index (χ3v) is 8.09. The molecule has 8 nitrogen and oxygen atoms in total. The van der Waals surface area contributed by atoms with Gasteiger partial charge >= 0.3 is 0 Å². The van der Waals surface area contributed by atoms with Gasteiger partial charge in [0.1, 0.15) is 17.9 Å². The van der Waals surface area contributed by atoms with E-state index in [-0.39, 0.29) is 24.5 Å². The monoisotopic (exact) mass is 577 g/mol. The van der Waals surface area contributed by atoms with Crippen LogP contribution in [0.25, 0.3) is 10.8 Å². The van der Waals surface area contributed by atoms with Gasteiger partial charge in [0.05, 0.1) is 11.5 Å². The third kappa shape index (κ3) is 7.97. The second kappa shape index (κ2) is 13.5. The molecule has 0 fully saturated rings. The van der Waals surface area contributed by atoms with Crippen molar-refractivity contribution in [3.05, 3.63) is 114 Å². The highest BCUT2D eigenvalue weighted by Gasteiger charge is 2.29. The molecule has 0 spiro atoms. The summed E-state index contributed by atoms with van der Waals surface area (Å²) in [5, 5.41) is 7.56. The fourth-order valence-electron chi connectivity index (χ4n) is 4.39. The maximum Gasteiger partial charge on any atom is 0.243 e. The molecule has 0 unspecified atom stereocenters. The Balaban J connectivity index is 1.53. The van der Waals surface area contributed by atoms with Gasteiger partial charge in [-0.3, -0.25) is 9.59 Å². The Morgan fingerprint density at radius 1 is 0.854 bits per heavy atom. The van der Waals surface area contributed by atoms with Crippen molar-refractivity contribution in [3.63, 3.8) is 0 Å². The van der Waals surface area contributed by atoms with Gasteiger partial charge in [0, 0.05) is 20.1 Å². The zero-order valence-electron chi connectivity index (χ0n) is 22.8. The smallest absolute Gasteiger partial charge is 0.243 e. The number of methoxy groups -OCH3 is 1. The lowest BCUT2D eigenvalue weighted by Gasteiger charge is -2.23. The first-order chi connectivity index (χ1) is 19.7. The van der Waals surface area contributed by atoms with E-state index in [2.05, 4.69) is 15.4 Å². The SMILES string of the molecule is COC[C@H](NS(=O)(=O)c1ccc(C)cc1)C(=O)N[C@@H](Cc1ccc(F)cc1)C(=O)NCc1cccc2ccccc12. The number of carbonyl (C=O) groups excluding carboxylic acids is 2. The van der Waals surface area contributed by atoms with Crippen LogP contribution in [-0.2, 0) is 37.3 Å². The molecule has 4 rings (SSSR count). The molecule has 4 aromatic rings. The largest absolute Gasteiger partial charge is 0.382 e. The van der Waals surface area contributed by atoms with Gasteiger partial charge < -0.3 is 15.4 Å². The molecule has 2 amide bonds. The van der Waals surface area contributed by atoms with Crippen molar-refractivity contribution in [1.82, 2.24) is 15.4 Å². The van der Waals surface area contributed by atoms with Crippen molar-refractivity contribution in [2.45, 2.75) is 36.9 Å². The second-order valence-corrected chi connectivity index (χ2v) is 11.4. The van der Waals surface area contributed by atoms with Gasteiger partial charge in [-0.1, -0.05) is 72.3 Å². The predicted molar refractivity (Wildman–Crippen MR) is 155 cm³/mol. The first-order valence-corrected chi connectivity index (χ1v) is 14.5. The van der Waals surface area contributed by atoms with Crippen molar-refractivity contribution in [3.8, 4) is 0 Å². The maximum absolute atomic E-state index is 13.5. The number of halogens is 1. The van der Waals surface area contributed by atoms with E-state index in [9.17, 15) is 22.4 Å². The molecule has 0 saturated carbocycles. The molecule has 0 saturated heterocycles. The number of nitrogens with one attached hydrogen (secondary N) is 3. The number of aryl methyl sites for hydroxylation is 1. The molecule has 0 aliphatic carbocycles. The van der Waals surface area contributed by atoms with E-state index in [0.29, 0.717) is 5.56 Å². The molecule has 4 aromatic carbocycles. The molecule has 2 atom stereocenters. The Morgan fingerprint density at radius 3 is 2.24 bits per heavy atom. The quantitative estimate of drug-likeness (QED) is 0.238. The summed E-state index contributed by atoms with van der Waals surface area (Å²) in [6.07, 6.45) is 0.0534. The van der Waals surface area contributed by atoms with Crippen LogP contribution in [0.15, 0.2) is 95.9 Å². The lowest BCUT2D eigenvalue weighted by molar-refractivity contribution is -0.130. The zero-order chi connectivity index (χ0) is 29.4. The first-order valence-electron chi connectivity index (χ1n) is 13.0. The number of amides is 2.